The van der Waals surface area contributed by atoms with Gasteiger partial charge in [-0.15, -0.1) is 11.3 Å². The van der Waals surface area contributed by atoms with Crippen molar-refractivity contribution in [2.24, 2.45) is 0 Å². The van der Waals surface area contributed by atoms with E-state index in [2.05, 4.69) is 15.0 Å². The van der Waals surface area contributed by atoms with Gasteiger partial charge in [0.1, 0.15) is 0 Å². The van der Waals surface area contributed by atoms with E-state index in [1.807, 2.05) is 37.3 Å². The lowest BCUT2D eigenvalue weighted by molar-refractivity contribution is 0.187. The third kappa shape index (κ3) is 2.62. The van der Waals surface area contributed by atoms with Crippen molar-refractivity contribution in [1.29, 1.82) is 0 Å². The van der Waals surface area contributed by atoms with Crippen LogP contribution in [0.15, 0.2) is 30.3 Å². The summed E-state index contributed by atoms with van der Waals surface area (Å²) < 4.78 is 4.53. The first kappa shape index (κ1) is 11.6. The lowest BCUT2D eigenvalue weighted by atomic mass is 10.1. The number of hydrogen-bond acceptors (Lipinski definition) is 4. The lowest BCUT2D eigenvalue weighted by Gasteiger charge is -1.98. The maximum Gasteiger partial charge on any atom is 0.413 e. The highest BCUT2D eigenvalue weighted by atomic mass is 32.1. The van der Waals surface area contributed by atoms with Gasteiger partial charge in [0.15, 0.2) is 5.13 Å². The van der Waals surface area contributed by atoms with Crippen LogP contribution in [0, 0.1) is 6.92 Å². The molecule has 1 heterocycles. The molecule has 17 heavy (non-hydrogen) atoms. The van der Waals surface area contributed by atoms with Gasteiger partial charge in [-0.1, -0.05) is 30.3 Å². The minimum absolute atomic E-state index is 0.502. The molecule has 88 valence electrons. The summed E-state index contributed by atoms with van der Waals surface area (Å²) in [5, 5.41) is 3.12. The normalized spacial score (nSPS) is 10.0. The van der Waals surface area contributed by atoms with Gasteiger partial charge in [-0.3, -0.25) is 5.32 Å². The molecule has 0 fully saturated rings. The standard InChI is InChI=1S/C12H12N2O2S/c1-8-10(9-6-4-3-5-7-9)13-11(17-8)14-12(15)16-2/h3-7H,1-2H3,(H,13,14,15). The Bertz CT molecular complexity index is 523. The number of carbonyl (C=O) groups excluding carboxylic acids is 1. The maximum atomic E-state index is 11.1. The number of amides is 1. The monoisotopic (exact) mass is 248 g/mol. The van der Waals surface area contributed by atoms with Crippen LogP contribution < -0.4 is 5.32 Å². The fourth-order valence-corrected chi connectivity index (χ4v) is 2.27. The van der Waals surface area contributed by atoms with E-state index >= 15 is 0 Å². The summed E-state index contributed by atoms with van der Waals surface area (Å²) >= 11 is 1.43. The predicted octanol–water partition coefficient (Wildman–Crippen LogP) is 3.30. The van der Waals surface area contributed by atoms with Gasteiger partial charge in [0.25, 0.3) is 0 Å². The second-order valence-electron chi connectivity index (χ2n) is 3.41. The summed E-state index contributed by atoms with van der Waals surface area (Å²) in [5.41, 5.74) is 1.93. The van der Waals surface area contributed by atoms with E-state index in [9.17, 15) is 4.79 Å². The molecular formula is C12H12N2O2S. The highest BCUT2D eigenvalue weighted by molar-refractivity contribution is 7.16. The lowest BCUT2D eigenvalue weighted by Crippen LogP contribution is -2.10. The fourth-order valence-electron chi connectivity index (χ4n) is 1.45. The molecule has 0 aliphatic heterocycles. The minimum atomic E-state index is -0.502. The number of benzene rings is 1. The Hall–Kier alpha value is -1.88. The molecule has 0 saturated carbocycles. The molecule has 0 spiro atoms. The molecule has 0 bridgehead atoms. The molecule has 1 aromatic carbocycles. The van der Waals surface area contributed by atoms with Crippen molar-refractivity contribution in [3.63, 3.8) is 0 Å². The number of thiazole rings is 1. The summed E-state index contributed by atoms with van der Waals surface area (Å²) in [7, 11) is 1.33. The van der Waals surface area contributed by atoms with Gasteiger partial charge >= 0.3 is 6.09 Å². The molecule has 0 radical (unpaired) electrons. The molecule has 5 heteroatoms. The fraction of sp³-hybridized carbons (Fsp3) is 0.167. The third-order valence-corrected chi connectivity index (χ3v) is 3.12. The number of ether oxygens (including phenoxy) is 1. The van der Waals surface area contributed by atoms with Crippen molar-refractivity contribution in [3.8, 4) is 11.3 Å². The summed E-state index contributed by atoms with van der Waals surface area (Å²) in [6.45, 7) is 1.97. The summed E-state index contributed by atoms with van der Waals surface area (Å²) in [6.07, 6.45) is -0.502. The average molecular weight is 248 g/mol. The Kier molecular flexibility index (Phi) is 3.39. The van der Waals surface area contributed by atoms with Crippen molar-refractivity contribution in [3.05, 3.63) is 35.2 Å². The molecule has 1 aromatic heterocycles. The topological polar surface area (TPSA) is 51.2 Å². The van der Waals surface area contributed by atoms with Gasteiger partial charge < -0.3 is 4.74 Å². The Morgan fingerprint density at radius 1 is 1.35 bits per heavy atom. The molecule has 2 aromatic rings. The number of aryl methyl sites for hydroxylation is 1. The number of methoxy groups -OCH3 is 1. The first-order valence-corrected chi connectivity index (χ1v) is 5.90. The van der Waals surface area contributed by atoms with Crippen LogP contribution in [0.5, 0.6) is 0 Å². The van der Waals surface area contributed by atoms with E-state index < -0.39 is 6.09 Å². The highest BCUT2D eigenvalue weighted by Gasteiger charge is 2.11. The SMILES string of the molecule is COC(=O)Nc1nc(-c2ccccc2)c(C)s1. The van der Waals surface area contributed by atoms with Crippen LogP contribution in [-0.2, 0) is 4.74 Å². The van der Waals surface area contributed by atoms with E-state index in [4.69, 9.17) is 0 Å². The van der Waals surface area contributed by atoms with Crippen molar-refractivity contribution in [1.82, 2.24) is 4.98 Å². The van der Waals surface area contributed by atoms with Gasteiger partial charge in [0.05, 0.1) is 12.8 Å². The van der Waals surface area contributed by atoms with E-state index in [-0.39, 0.29) is 0 Å². The number of carbonyl (C=O) groups is 1. The molecule has 0 atom stereocenters. The first-order valence-electron chi connectivity index (χ1n) is 5.08. The third-order valence-electron chi connectivity index (χ3n) is 2.24. The quantitative estimate of drug-likeness (QED) is 0.887. The first-order chi connectivity index (χ1) is 8.20. The Balaban J connectivity index is 2.28. The Morgan fingerprint density at radius 2 is 2.06 bits per heavy atom. The molecule has 0 aliphatic rings. The van der Waals surface area contributed by atoms with Crippen molar-refractivity contribution < 1.29 is 9.53 Å². The van der Waals surface area contributed by atoms with Crippen molar-refractivity contribution in [2.75, 3.05) is 12.4 Å². The summed E-state index contributed by atoms with van der Waals surface area (Å²) in [5.74, 6) is 0. The van der Waals surface area contributed by atoms with Crippen LogP contribution in [0.3, 0.4) is 0 Å². The van der Waals surface area contributed by atoms with Gasteiger partial charge in [-0.25, -0.2) is 9.78 Å². The van der Waals surface area contributed by atoms with E-state index in [1.54, 1.807) is 0 Å². The average Bonchev–Trinajstić information content (AvgIpc) is 2.71. The maximum absolute atomic E-state index is 11.1. The number of nitrogens with one attached hydrogen (secondary N) is 1. The number of anilines is 1. The number of hydrogen-bond donors (Lipinski definition) is 1. The molecule has 0 unspecified atom stereocenters. The summed E-state index contributed by atoms with van der Waals surface area (Å²) in [6, 6.07) is 9.86. The summed E-state index contributed by atoms with van der Waals surface area (Å²) in [4.78, 5) is 16.5. The minimum Gasteiger partial charge on any atom is -0.453 e. The molecule has 0 aliphatic carbocycles. The molecule has 1 N–H and O–H groups in total. The van der Waals surface area contributed by atoms with Gasteiger partial charge in [0, 0.05) is 10.4 Å². The second kappa shape index (κ2) is 4.97. The zero-order chi connectivity index (χ0) is 12.3. The predicted molar refractivity (Wildman–Crippen MR) is 68.3 cm³/mol. The van der Waals surface area contributed by atoms with Crippen LogP contribution >= 0.6 is 11.3 Å². The second-order valence-corrected chi connectivity index (χ2v) is 4.61. The van der Waals surface area contributed by atoms with Crippen LogP contribution in [0.25, 0.3) is 11.3 Å². The van der Waals surface area contributed by atoms with Crippen LogP contribution in [-0.4, -0.2) is 18.2 Å². The van der Waals surface area contributed by atoms with Gasteiger partial charge in [0.2, 0.25) is 0 Å². The zero-order valence-electron chi connectivity index (χ0n) is 9.56. The highest BCUT2D eigenvalue weighted by Crippen LogP contribution is 2.30. The van der Waals surface area contributed by atoms with E-state index in [1.165, 1.54) is 18.4 Å². The molecule has 4 nitrogen and oxygen atoms in total. The van der Waals surface area contributed by atoms with Crippen LogP contribution in [0.1, 0.15) is 4.88 Å². The van der Waals surface area contributed by atoms with Crippen molar-refractivity contribution >= 4 is 22.6 Å². The molecule has 0 saturated heterocycles. The van der Waals surface area contributed by atoms with Crippen LogP contribution in [0.2, 0.25) is 0 Å². The largest absolute Gasteiger partial charge is 0.453 e. The molecule has 1 amide bonds. The van der Waals surface area contributed by atoms with Gasteiger partial charge in [-0.05, 0) is 6.92 Å². The van der Waals surface area contributed by atoms with Crippen LogP contribution in [0.4, 0.5) is 9.93 Å². The Labute approximate surface area is 103 Å². The zero-order valence-corrected chi connectivity index (χ0v) is 10.4. The van der Waals surface area contributed by atoms with Gasteiger partial charge in [-0.2, -0.15) is 0 Å². The molecular weight excluding hydrogens is 236 g/mol. The number of aromatic nitrogens is 1. The smallest absolute Gasteiger partial charge is 0.413 e. The Morgan fingerprint density at radius 3 is 2.71 bits per heavy atom. The van der Waals surface area contributed by atoms with E-state index in [0.29, 0.717) is 5.13 Å². The van der Waals surface area contributed by atoms with E-state index in [0.717, 1.165) is 16.1 Å². The number of rotatable bonds is 2. The number of nitrogens with zero attached hydrogens (tertiary/aromatic N) is 1. The van der Waals surface area contributed by atoms with Crippen molar-refractivity contribution in [2.45, 2.75) is 6.92 Å². The molecule has 2 rings (SSSR count).